The summed E-state index contributed by atoms with van der Waals surface area (Å²) in [5.41, 5.74) is 3.42. The Bertz CT molecular complexity index is 1060. The first-order chi connectivity index (χ1) is 11.7. The summed E-state index contributed by atoms with van der Waals surface area (Å²) in [7, 11) is 1.75. The van der Waals surface area contributed by atoms with Crippen molar-refractivity contribution in [3.8, 4) is 22.9 Å². The van der Waals surface area contributed by atoms with E-state index in [4.69, 9.17) is 5.26 Å². The predicted octanol–water partition coefficient (Wildman–Crippen LogP) is 3.63. The average molecular weight is 335 g/mol. The summed E-state index contributed by atoms with van der Waals surface area (Å²) in [5.74, 6) is 0.109. The Morgan fingerprint density at radius 2 is 1.84 bits per heavy atom. The Balaban J connectivity index is 2.22. The molecule has 0 saturated heterocycles. The maximum Gasteiger partial charge on any atom is 0.328 e. The molecule has 0 aliphatic carbocycles. The van der Waals surface area contributed by atoms with Crippen molar-refractivity contribution in [2.45, 2.75) is 27.3 Å². The number of hydrogen-bond donors (Lipinski definition) is 1. The van der Waals surface area contributed by atoms with Crippen molar-refractivity contribution in [1.82, 2.24) is 9.13 Å². The van der Waals surface area contributed by atoms with Crippen molar-refractivity contribution < 1.29 is 5.11 Å². The van der Waals surface area contributed by atoms with Crippen LogP contribution in [-0.2, 0) is 13.6 Å². The van der Waals surface area contributed by atoms with Gasteiger partial charge in [-0.3, -0.25) is 9.13 Å². The van der Waals surface area contributed by atoms with E-state index in [1.807, 2.05) is 18.2 Å². The molecule has 5 nitrogen and oxygen atoms in total. The summed E-state index contributed by atoms with van der Waals surface area (Å²) in [6.07, 6.45) is 0. The summed E-state index contributed by atoms with van der Waals surface area (Å²) < 4.78 is 3.40. The molecule has 0 radical (unpaired) electrons. The Kier molecular flexibility index (Phi) is 3.92. The molecular formula is C20H21N3O2. The number of phenols is 1. The molecule has 3 rings (SSSR count). The van der Waals surface area contributed by atoms with Crippen LogP contribution in [0, 0.1) is 16.7 Å². The van der Waals surface area contributed by atoms with E-state index in [0.29, 0.717) is 17.7 Å². The van der Waals surface area contributed by atoms with Gasteiger partial charge in [0.05, 0.1) is 22.7 Å². The van der Waals surface area contributed by atoms with Gasteiger partial charge in [-0.1, -0.05) is 26.8 Å². The van der Waals surface area contributed by atoms with Crippen LogP contribution in [0.4, 0.5) is 0 Å². The fourth-order valence-corrected chi connectivity index (χ4v) is 3.04. The van der Waals surface area contributed by atoms with Gasteiger partial charge in [0.25, 0.3) is 0 Å². The second-order valence-corrected chi connectivity index (χ2v) is 7.54. The maximum atomic E-state index is 12.6. The number of imidazole rings is 1. The Hall–Kier alpha value is -3.00. The zero-order valence-corrected chi connectivity index (χ0v) is 14.9. The molecule has 0 spiro atoms. The number of rotatable bonds is 2. The highest BCUT2D eigenvalue weighted by Gasteiger charge is 2.18. The minimum atomic E-state index is -0.0583. The summed E-state index contributed by atoms with van der Waals surface area (Å²) >= 11 is 0. The molecule has 25 heavy (non-hydrogen) atoms. The molecule has 0 amide bonds. The third-order valence-corrected chi connectivity index (χ3v) is 4.21. The Morgan fingerprint density at radius 1 is 1.12 bits per heavy atom. The number of aryl methyl sites for hydroxylation is 1. The van der Waals surface area contributed by atoms with Gasteiger partial charge in [-0.2, -0.15) is 5.26 Å². The van der Waals surface area contributed by atoms with Gasteiger partial charge < -0.3 is 5.11 Å². The lowest BCUT2D eigenvalue weighted by molar-refractivity contribution is 0.342. The van der Waals surface area contributed by atoms with Crippen LogP contribution in [0.1, 0.15) is 26.3 Å². The van der Waals surface area contributed by atoms with Gasteiger partial charge in [0.2, 0.25) is 0 Å². The van der Waals surface area contributed by atoms with Gasteiger partial charge in [0, 0.05) is 19.2 Å². The molecule has 2 aromatic carbocycles. The summed E-state index contributed by atoms with van der Waals surface area (Å²) in [6, 6.07) is 12.5. The van der Waals surface area contributed by atoms with E-state index in [0.717, 1.165) is 16.6 Å². The molecule has 1 heterocycles. The number of aromatic hydroxyl groups is 1. The number of phenolic OH excluding ortho intramolecular Hbond substituents is 1. The highest BCUT2D eigenvalue weighted by atomic mass is 16.3. The maximum absolute atomic E-state index is 12.6. The van der Waals surface area contributed by atoms with Crippen molar-refractivity contribution in [2.75, 3.05) is 0 Å². The number of hydrogen-bond acceptors (Lipinski definition) is 3. The van der Waals surface area contributed by atoms with E-state index in [9.17, 15) is 9.90 Å². The number of fused-ring (bicyclic) bond motifs is 1. The van der Waals surface area contributed by atoms with E-state index < -0.39 is 0 Å². The smallest absolute Gasteiger partial charge is 0.328 e. The molecule has 0 aliphatic heterocycles. The number of aromatic nitrogens is 2. The summed E-state index contributed by atoms with van der Waals surface area (Å²) in [6.45, 7) is 6.91. The fourth-order valence-electron chi connectivity index (χ4n) is 3.04. The van der Waals surface area contributed by atoms with Crippen LogP contribution in [0.5, 0.6) is 5.75 Å². The van der Waals surface area contributed by atoms with Crippen LogP contribution >= 0.6 is 0 Å². The quantitative estimate of drug-likeness (QED) is 0.777. The molecule has 3 aromatic rings. The van der Waals surface area contributed by atoms with E-state index in [1.165, 1.54) is 6.07 Å². The van der Waals surface area contributed by atoms with Gasteiger partial charge in [0.15, 0.2) is 0 Å². The highest BCUT2D eigenvalue weighted by molar-refractivity contribution is 5.84. The molecule has 5 heteroatoms. The van der Waals surface area contributed by atoms with Crippen LogP contribution < -0.4 is 5.69 Å². The Morgan fingerprint density at radius 3 is 2.48 bits per heavy atom. The minimum absolute atomic E-state index is 0.0177. The van der Waals surface area contributed by atoms with Crippen molar-refractivity contribution in [1.29, 1.82) is 5.26 Å². The lowest BCUT2D eigenvalue weighted by Gasteiger charge is -2.18. The van der Waals surface area contributed by atoms with Crippen LogP contribution in [0.3, 0.4) is 0 Å². The molecule has 0 atom stereocenters. The third kappa shape index (κ3) is 3.03. The SMILES string of the molecule is Cn1c(=O)n(CC(C)(C)C)c2ccc(-c3cc(C#N)ccc3O)cc21. The molecule has 0 saturated carbocycles. The molecule has 0 fully saturated rings. The molecule has 0 aliphatic rings. The van der Waals surface area contributed by atoms with Crippen LogP contribution in [0.2, 0.25) is 0 Å². The van der Waals surface area contributed by atoms with Gasteiger partial charge in [-0.15, -0.1) is 0 Å². The van der Waals surface area contributed by atoms with E-state index in [2.05, 4.69) is 26.8 Å². The molecule has 0 bridgehead atoms. The Labute approximate surface area is 146 Å². The molecular weight excluding hydrogens is 314 g/mol. The zero-order valence-electron chi connectivity index (χ0n) is 14.9. The van der Waals surface area contributed by atoms with Crippen molar-refractivity contribution in [3.05, 3.63) is 52.4 Å². The first kappa shape index (κ1) is 16.8. The largest absolute Gasteiger partial charge is 0.507 e. The fraction of sp³-hybridized carbons (Fsp3) is 0.300. The highest BCUT2D eigenvalue weighted by Crippen LogP contribution is 2.32. The second-order valence-electron chi connectivity index (χ2n) is 7.54. The van der Waals surface area contributed by atoms with Gasteiger partial charge >= 0.3 is 5.69 Å². The van der Waals surface area contributed by atoms with Crippen LogP contribution in [0.25, 0.3) is 22.2 Å². The molecule has 1 N–H and O–H groups in total. The number of nitriles is 1. The second kappa shape index (κ2) is 5.82. The first-order valence-electron chi connectivity index (χ1n) is 8.14. The van der Waals surface area contributed by atoms with Gasteiger partial charge in [-0.25, -0.2) is 4.79 Å². The van der Waals surface area contributed by atoms with E-state index in [1.54, 1.807) is 28.3 Å². The third-order valence-electron chi connectivity index (χ3n) is 4.21. The van der Waals surface area contributed by atoms with E-state index in [-0.39, 0.29) is 16.9 Å². The summed E-state index contributed by atoms with van der Waals surface area (Å²) in [4.78, 5) is 12.6. The lowest BCUT2D eigenvalue weighted by atomic mass is 9.96. The monoisotopic (exact) mass is 335 g/mol. The van der Waals surface area contributed by atoms with Crippen molar-refractivity contribution in [2.24, 2.45) is 12.5 Å². The normalized spacial score (nSPS) is 11.6. The molecule has 1 aromatic heterocycles. The van der Waals surface area contributed by atoms with Crippen LogP contribution in [-0.4, -0.2) is 14.2 Å². The zero-order chi connectivity index (χ0) is 18.4. The molecule has 0 unspecified atom stereocenters. The average Bonchev–Trinajstić information content (AvgIpc) is 2.78. The summed E-state index contributed by atoms with van der Waals surface area (Å²) in [5, 5.41) is 19.2. The van der Waals surface area contributed by atoms with Gasteiger partial charge in [0.1, 0.15) is 5.75 Å². The van der Waals surface area contributed by atoms with Crippen molar-refractivity contribution in [3.63, 3.8) is 0 Å². The predicted molar refractivity (Wildman–Crippen MR) is 98.4 cm³/mol. The minimum Gasteiger partial charge on any atom is -0.507 e. The van der Waals surface area contributed by atoms with E-state index >= 15 is 0 Å². The van der Waals surface area contributed by atoms with Gasteiger partial charge in [-0.05, 0) is 41.3 Å². The number of benzene rings is 2. The van der Waals surface area contributed by atoms with Crippen LogP contribution in [0.15, 0.2) is 41.2 Å². The number of nitrogens with zero attached hydrogens (tertiary/aromatic N) is 3. The molecule has 128 valence electrons. The van der Waals surface area contributed by atoms with Crippen molar-refractivity contribution >= 4 is 11.0 Å². The standard InChI is InChI=1S/C20H21N3O2/c1-20(2,3)12-23-16-7-6-14(10-17(16)22(4)19(23)25)15-9-13(11-21)5-8-18(15)24/h5-10,24H,12H2,1-4H3. The lowest BCUT2D eigenvalue weighted by Crippen LogP contribution is -2.27. The topological polar surface area (TPSA) is 71.0 Å². The first-order valence-corrected chi connectivity index (χ1v) is 8.14.